The van der Waals surface area contributed by atoms with Crippen LogP contribution in [0.4, 0.5) is 23.7 Å². The minimum atomic E-state index is -4.84. The van der Waals surface area contributed by atoms with Gasteiger partial charge in [0.05, 0.1) is 4.92 Å². The van der Waals surface area contributed by atoms with Crippen LogP contribution in [0.25, 0.3) is 0 Å². The average Bonchev–Trinajstić information content (AvgIpc) is 3.24. The Morgan fingerprint density at radius 2 is 1.88 bits per heavy atom. The van der Waals surface area contributed by atoms with Crippen LogP contribution in [-0.4, -0.2) is 52.2 Å². The van der Waals surface area contributed by atoms with Crippen molar-refractivity contribution < 1.29 is 41.9 Å². The van der Waals surface area contributed by atoms with Crippen molar-refractivity contribution in [1.82, 2.24) is 9.58 Å². The first-order chi connectivity index (χ1) is 23.8. The van der Waals surface area contributed by atoms with Crippen LogP contribution < -0.4 is 19.9 Å². The van der Waals surface area contributed by atoms with E-state index in [-0.39, 0.29) is 17.0 Å². The summed E-state index contributed by atoms with van der Waals surface area (Å²) >= 11 is 8.32. The van der Waals surface area contributed by atoms with E-state index in [1.807, 2.05) is 24.3 Å². The zero-order chi connectivity index (χ0) is 35.9. The molecule has 50 heavy (non-hydrogen) atoms. The molecule has 0 saturated carbocycles. The zero-order valence-corrected chi connectivity index (χ0v) is 27.8. The van der Waals surface area contributed by atoms with Crippen LogP contribution in [0.2, 0.25) is 5.02 Å². The number of nitro benzene ring substituents is 1. The zero-order valence-electron chi connectivity index (χ0n) is 26.2. The number of halogens is 4. The summed E-state index contributed by atoms with van der Waals surface area (Å²) in [5.74, 6) is -1.37. The van der Waals surface area contributed by atoms with Gasteiger partial charge in [-0.15, -0.1) is 11.8 Å². The summed E-state index contributed by atoms with van der Waals surface area (Å²) in [7, 11) is 0. The number of aryl methyl sites for hydroxylation is 1. The lowest BCUT2D eigenvalue weighted by Gasteiger charge is -2.46. The predicted molar refractivity (Wildman–Crippen MR) is 175 cm³/mol. The smallest absolute Gasteiger partial charge is 0.451 e. The summed E-state index contributed by atoms with van der Waals surface area (Å²) in [5.41, 5.74) is 0.752. The topological polar surface area (TPSA) is 133 Å². The van der Waals surface area contributed by atoms with Crippen LogP contribution in [0.15, 0.2) is 82.6 Å². The van der Waals surface area contributed by atoms with E-state index in [4.69, 9.17) is 25.8 Å². The number of alkyl halides is 3. The molecule has 2 atom stereocenters. The molecule has 2 aliphatic rings. The summed E-state index contributed by atoms with van der Waals surface area (Å²) < 4.78 is 59.6. The number of hydrogen-bond donors (Lipinski definition) is 0. The van der Waals surface area contributed by atoms with E-state index < -0.39 is 65.6 Å². The molecule has 1 aromatic heterocycles. The summed E-state index contributed by atoms with van der Waals surface area (Å²) in [4.78, 5) is 51.4. The van der Waals surface area contributed by atoms with E-state index in [1.165, 1.54) is 46.7 Å². The monoisotopic (exact) mass is 730 g/mol. The van der Waals surface area contributed by atoms with Gasteiger partial charge < -0.3 is 19.1 Å². The number of pyridine rings is 1. The number of fused-ring (bicyclic) bond motifs is 3. The van der Waals surface area contributed by atoms with Gasteiger partial charge in [-0.05, 0) is 48.7 Å². The van der Waals surface area contributed by atoms with E-state index in [0.29, 0.717) is 26.8 Å². The Morgan fingerprint density at radius 3 is 2.60 bits per heavy atom. The first-order valence-corrected chi connectivity index (χ1v) is 16.2. The predicted octanol–water partition coefficient (Wildman–Crippen LogP) is 6.97. The molecule has 0 aliphatic carbocycles. The van der Waals surface area contributed by atoms with E-state index in [2.05, 4.69) is 0 Å². The molecular formula is C33H26ClF3N4O8S. The van der Waals surface area contributed by atoms with Crippen LogP contribution in [0.3, 0.4) is 0 Å². The van der Waals surface area contributed by atoms with Gasteiger partial charge in [0.15, 0.2) is 5.69 Å². The number of non-ortho nitro benzene ring substituents is 1. The van der Waals surface area contributed by atoms with Crippen LogP contribution in [0, 0.1) is 17.0 Å². The maximum atomic E-state index is 14.3. The van der Waals surface area contributed by atoms with E-state index in [9.17, 15) is 37.7 Å². The number of carbonyl (C=O) groups excluding carboxylic acids is 2. The van der Waals surface area contributed by atoms with Gasteiger partial charge in [-0.25, -0.2) is 4.79 Å². The fourth-order valence-corrected chi connectivity index (χ4v) is 7.13. The molecule has 3 aromatic carbocycles. The minimum Gasteiger partial charge on any atom is -0.451 e. The SMILES string of the molecule is Cc1cc([N+](=O)[O-])ccc1OC(=O)OCOc1c2n(ccc1=O)N([C@@H]1c3ccccc3SCc3cccc(Cl)c31)CN([C@H](C)C(F)(F)F)C2=O. The Balaban J connectivity index is 1.39. The van der Waals surface area contributed by atoms with Crippen LogP contribution in [0.1, 0.15) is 45.7 Å². The van der Waals surface area contributed by atoms with Crippen molar-refractivity contribution in [3.8, 4) is 11.5 Å². The third kappa shape index (κ3) is 6.55. The molecule has 4 aromatic rings. The lowest BCUT2D eigenvalue weighted by Crippen LogP contribution is -2.60. The Kier molecular flexibility index (Phi) is 9.41. The normalized spacial score (nSPS) is 16.0. The molecule has 6 rings (SSSR count). The Hall–Kier alpha value is -5.22. The van der Waals surface area contributed by atoms with Crippen LogP contribution >= 0.6 is 23.4 Å². The number of carbonyl (C=O) groups is 2. The van der Waals surface area contributed by atoms with Gasteiger partial charge in [-0.3, -0.25) is 29.4 Å². The highest BCUT2D eigenvalue weighted by Crippen LogP contribution is 2.45. The third-order valence-electron chi connectivity index (χ3n) is 8.27. The Bertz CT molecular complexity index is 2080. The summed E-state index contributed by atoms with van der Waals surface area (Å²) in [6.07, 6.45) is -4.89. The van der Waals surface area contributed by atoms with Gasteiger partial charge in [0.1, 0.15) is 24.5 Å². The largest absolute Gasteiger partial charge is 0.516 e. The second-order valence-electron chi connectivity index (χ2n) is 11.3. The van der Waals surface area contributed by atoms with Gasteiger partial charge in [-0.2, -0.15) is 13.2 Å². The molecular weight excluding hydrogens is 705 g/mol. The average molecular weight is 731 g/mol. The maximum Gasteiger partial charge on any atom is 0.516 e. The van der Waals surface area contributed by atoms with Crippen LogP contribution in [0.5, 0.6) is 11.5 Å². The third-order valence-corrected chi connectivity index (χ3v) is 9.74. The van der Waals surface area contributed by atoms with Crippen molar-refractivity contribution in [2.75, 3.05) is 18.5 Å². The van der Waals surface area contributed by atoms with Gasteiger partial charge in [0, 0.05) is 45.6 Å². The minimum absolute atomic E-state index is 0.0545. The second kappa shape index (κ2) is 13.6. The summed E-state index contributed by atoms with van der Waals surface area (Å²) in [6, 6.07) is 14.1. The lowest BCUT2D eigenvalue weighted by atomic mass is 9.94. The molecule has 0 bridgehead atoms. The van der Waals surface area contributed by atoms with Gasteiger partial charge in [0.2, 0.25) is 18.0 Å². The number of nitro groups is 1. The highest BCUT2D eigenvalue weighted by Gasteiger charge is 2.48. The Morgan fingerprint density at radius 1 is 1.12 bits per heavy atom. The molecule has 12 nitrogen and oxygen atoms in total. The number of thioether (sulfide) groups is 1. The summed E-state index contributed by atoms with van der Waals surface area (Å²) in [5, 5.41) is 12.9. The lowest BCUT2D eigenvalue weighted by molar-refractivity contribution is -0.384. The highest BCUT2D eigenvalue weighted by molar-refractivity contribution is 7.98. The Labute approximate surface area is 291 Å². The highest BCUT2D eigenvalue weighted by atomic mass is 35.5. The standard InChI is InChI=1S/C33H26ClF3N4O8S/c1-18-14-21(41(45)46)10-11-25(18)49-32(44)48-17-47-30-24(42)12-13-39-29(30)31(43)38(19(2)33(35,36)37)16-40(39)28-22-7-3-4-9-26(22)50-15-20-6-5-8-23(34)27(20)28/h3-14,19,28H,15-17H2,1-2H3/t19-,28-/m1/s1. The molecule has 260 valence electrons. The molecule has 3 heterocycles. The molecule has 0 spiro atoms. The van der Waals surface area contributed by atoms with Crippen molar-refractivity contribution in [2.24, 2.45) is 0 Å². The maximum absolute atomic E-state index is 14.3. The summed E-state index contributed by atoms with van der Waals surface area (Å²) in [6.45, 7) is 0.771. The number of rotatable bonds is 7. The number of amides is 1. The van der Waals surface area contributed by atoms with Crippen molar-refractivity contribution in [2.45, 2.75) is 42.8 Å². The van der Waals surface area contributed by atoms with Gasteiger partial charge in [0.25, 0.3) is 11.6 Å². The van der Waals surface area contributed by atoms with E-state index in [0.717, 1.165) is 29.5 Å². The van der Waals surface area contributed by atoms with Crippen molar-refractivity contribution >= 4 is 41.1 Å². The van der Waals surface area contributed by atoms with Crippen LogP contribution in [-0.2, 0) is 10.5 Å². The molecule has 0 N–H and O–H groups in total. The fourth-order valence-electron chi connectivity index (χ4n) is 5.75. The number of hydrogen-bond acceptors (Lipinski definition) is 10. The molecule has 0 radical (unpaired) electrons. The van der Waals surface area contributed by atoms with Crippen molar-refractivity contribution in [3.05, 3.63) is 126 Å². The second-order valence-corrected chi connectivity index (χ2v) is 12.7. The molecule has 2 aliphatic heterocycles. The van der Waals surface area contributed by atoms with Gasteiger partial charge >= 0.3 is 12.3 Å². The van der Waals surface area contributed by atoms with Crippen molar-refractivity contribution in [3.63, 3.8) is 0 Å². The van der Waals surface area contributed by atoms with E-state index in [1.54, 1.807) is 18.2 Å². The van der Waals surface area contributed by atoms with Gasteiger partial charge in [-0.1, -0.05) is 41.9 Å². The first kappa shape index (κ1) is 34.6. The number of aromatic nitrogens is 1. The number of nitrogens with zero attached hydrogens (tertiary/aromatic N) is 4. The molecule has 17 heteroatoms. The molecule has 0 fully saturated rings. The van der Waals surface area contributed by atoms with Crippen molar-refractivity contribution in [1.29, 1.82) is 0 Å². The fraction of sp³-hybridized carbons (Fsp3) is 0.242. The quantitative estimate of drug-likeness (QED) is 0.0646. The number of ether oxygens (including phenoxy) is 3. The number of benzene rings is 3. The first-order valence-electron chi connectivity index (χ1n) is 14.9. The molecule has 1 amide bonds. The van der Waals surface area contributed by atoms with E-state index >= 15 is 0 Å². The molecule has 0 saturated heterocycles. The molecule has 0 unspecified atom stereocenters.